The first-order chi connectivity index (χ1) is 3.41. The van der Waals surface area contributed by atoms with E-state index in [0.717, 1.165) is 12.8 Å². The predicted molar refractivity (Wildman–Crippen MR) is 28.0 cm³/mol. The van der Waals surface area contributed by atoms with Crippen LogP contribution in [0.2, 0.25) is 0 Å². The monoisotopic (exact) mass is 110 g/mol. The minimum absolute atomic E-state index is 0. The van der Waals surface area contributed by atoms with Crippen LogP contribution < -0.4 is 18.9 Å². The summed E-state index contributed by atoms with van der Waals surface area (Å²) in [6, 6.07) is 0. The van der Waals surface area contributed by atoms with Crippen molar-refractivity contribution < 1.29 is 29.8 Å². The Bertz CT molecular complexity index is 52.2. The van der Waals surface area contributed by atoms with Crippen LogP contribution in [0.1, 0.15) is 21.2 Å². The van der Waals surface area contributed by atoms with Gasteiger partial charge in [0.25, 0.3) is 6.47 Å². The Morgan fingerprint density at radius 1 is 1.75 bits per heavy atom. The van der Waals surface area contributed by atoms with Crippen LogP contribution in [-0.4, -0.2) is 13.1 Å². The SMILES string of the molecule is CCCCOC=O.[H-].[Li+]. The molecule has 2 nitrogen and oxygen atoms in total. The number of hydrogen-bond acceptors (Lipinski definition) is 2. The standard InChI is InChI=1S/C5H10O2.Li.H/c1-2-3-4-7-5-6;;/h5H,2-4H2,1H3;;/q;+1;-1. The van der Waals surface area contributed by atoms with E-state index >= 15 is 0 Å². The average molecular weight is 110 g/mol. The van der Waals surface area contributed by atoms with Crippen molar-refractivity contribution in [3.8, 4) is 0 Å². The van der Waals surface area contributed by atoms with E-state index in [4.69, 9.17) is 0 Å². The Morgan fingerprint density at radius 3 is 2.75 bits per heavy atom. The van der Waals surface area contributed by atoms with Gasteiger partial charge in [-0.15, -0.1) is 0 Å². The average Bonchev–Trinajstić information content (AvgIpc) is 1.69. The van der Waals surface area contributed by atoms with Gasteiger partial charge in [-0.25, -0.2) is 0 Å². The van der Waals surface area contributed by atoms with E-state index in [1.165, 1.54) is 0 Å². The van der Waals surface area contributed by atoms with Gasteiger partial charge >= 0.3 is 18.9 Å². The van der Waals surface area contributed by atoms with Crippen LogP contribution in [-0.2, 0) is 9.53 Å². The van der Waals surface area contributed by atoms with Gasteiger partial charge in [-0.1, -0.05) is 13.3 Å². The molecule has 44 valence electrons. The number of ether oxygens (including phenoxy) is 1. The molecule has 0 amide bonds. The van der Waals surface area contributed by atoms with E-state index < -0.39 is 0 Å². The fourth-order valence-electron chi connectivity index (χ4n) is 0.276. The summed E-state index contributed by atoms with van der Waals surface area (Å²) < 4.78 is 4.39. The summed E-state index contributed by atoms with van der Waals surface area (Å²) in [4.78, 5) is 9.46. The van der Waals surface area contributed by atoms with Crippen molar-refractivity contribution in [3.05, 3.63) is 0 Å². The third-order valence-electron chi connectivity index (χ3n) is 0.684. The minimum atomic E-state index is 0. The Labute approximate surface area is 63.3 Å². The van der Waals surface area contributed by atoms with Crippen LogP contribution in [0, 0.1) is 0 Å². The van der Waals surface area contributed by atoms with Crippen molar-refractivity contribution in [2.24, 2.45) is 0 Å². The molecule has 0 unspecified atom stereocenters. The molecule has 0 bridgehead atoms. The number of carbonyl (C=O) groups is 1. The molecule has 0 aliphatic carbocycles. The maximum absolute atomic E-state index is 9.46. The fraction of sp³-hybridized carbons (Fsp3) is 0.800. The smallest absolute Gasteiger partial charge is 1.00 e. The van der Waals surface area contributed by atoms with Gasteiger partial charge in [-0.05, 0) is 6.42 Å². The van der Waals surface area contributed by atoms with Gasteiger partial charge in [0.15, 0.2) is 0 Å². The van der Waals surface area contributed by atoms with E-state index in [-0.39, 0.29) is 20.3 Å². The van der Waals surface area contributed by atoms with E-state index in [9.17, 15) is 4.79 Å². The molecule has 0 radical (unpaired) electrons. The summed E-state index contributed by atoms with van der Waals surface area (Å²) >= 11 is 0. The van der Waals surface area contributed by atoms with E-state index in [2.05, 4.69) is 4.74 Å². The summed E-state index contributed by atoms with van der Waals surface area (Å²) in [6.07, 6.45) is 2.05. The van der Waals surface area contributed by atoms with Crippen molar-refractivity contribution in [3.63, 3.8) is 0 Å². The van der Waals surface area contributed by atoms with Gasteiger partial charge in [-0.3, -0.25) is 4.79 Å². The second kappa shape index (κ2) is 10.1. The van der Waals surface area contributed by atoms with Crippen molar-refractivity contribution >= 4 is 6.47 Å². The molecule has 0 N–H and O–H groups in total. The molecule has 0 saturated carbocycles. The van der Waals surface area contributed by atoms with Crippen molar-refractivity contribution in [1.29, 1.82) is 0 Å². The fourth-order valence-corrected chi connectivity index (χ4v) is 0.276. The first kappa shape index (κ1) is 10.9. The van der Waals surface area contributed by atoms with Gasteiger partial charge in [0.05, 0.1) is 6.61 Å². The summed E-state index contributed by atoms with van der Waals surface area (Å²) in [5.74, 6) is 0. The topological polar surface area (TPSA) is 26.3 Å². The van der Waals surface area contributed by atoms with Crippen molar-refractivity contribution in [1.82, 2.24) is 0 Å². The van der Waals surface area contributed by atoms with Crippen LogP contribution in [0.15, 0.2) is 0 Å². The summed E-state index contributed by atoms with van der Waals surface area (Å²) in [6.45, 7) is 3.10. The van der Waals surface area contributed by atoms with Crippen molar-refractivity contribution in [2.75, 3.05) is 6.61 Å². The molecule has 0 spiro atoms. The second-order valence-corrected chi connectivity index (χ2v) is 1.32. The Morgan fingerprint density at radius 2 is 2.38 bits per heavy atom. The van der Waals surface area contributed by atoms with E-state index in [1.54, 1.807) is 0 Å². The molecule has 0 heterocycles. The number of hydrogen-bond donors (Lipinski definition) is 0. The predicted octanol–water partition coefficient (Wildman–Crippen LogP) is -1.92. The van der Waals surface area contributed by atoms with E-state index in [0.29, 0.717) is 13.1 Å². The minimum Gasteiger partial charge on any atom is -1.00 e. The molecule has 0 aliphatic heterocycles. The third-order valence-corrected chi connectivity index (χ3v) is 0.684. The zero-order valence-corrected chi connectivity index (χ0v) is 5.52. The number of unbranched alkanes of at least 4 members (excludes halogenated alkanes) is 1. The van der Waals surface area contributed by atoms with Crippen molar-refractivity contribution in [2.45, 2.75) is 19.8 Å². The molecule has 0 aromatic carbocycles. The van der Waals surface area contributed by atoms with Gasteiger partial charge < -0.3 is 6.16 Å². The molecular weight excluding hydrogens is 99.0 g/mol. The Hall–Kier alpha value is 0.0674. The molecule has 0 rings (SSSR count). The van der Waals surface area contributed by atoms with Crippen LogP contribution in [0.4, 0.5) is 0 Å². The van der Waals surface area contributed by atoms with Gasteiger partial charge in [0.2, 0.25) is 0 Å². The molecule has 0 aliphatic rings. The van der Waals surface area contributed by atoms with Crippen LogP contribution in [0.5, 0.6) is 0 Å². The Balaban J connectivity index is -0.000000180. The number of carbonyl (C=O) groups excluding carboxylic acids is 1. The normalized spacial score (nSPS) is 7.12. The van der Waals surface area contributed by atoms with Gasteiger partial charge in [-0.2, -0.15) is 0 Å². The second-order valence-electron chi connectivity index (χ2n) is 1.32. The molecule has 0 aromatic rings. The third kappa shape index (κ3) is 9.42. The molecule has 8 heavy (non-hydrogen) atoms. The zero-order valence-electron chi connectivity index (χ0n) is 6.52. The molecule has 0 saturated heterocycles. The summed E-state index contributed by atoms with van der Waals surface area (Å²) in [5.41, 5.74) is 0. The molecule has 3 heteroatoms. The molecular formula is C5H11LiO2. The van der Waals surface area contributed by atoms with Gasteiger partial charge in [0, 0.05) is 0 Å². The first-order valence-electron chi connectivity index (χ1n) is 2.47. The molecule has 0 atom stereocenters. The number of rotatable bonds is 4. The molecule has 0 aromatic heterocycles. The maximum Gasteiger partial charge on any atom is 1.00 e. The maximum atomic E-state index is 9.46. The van der Waals surface area contributed by atoms with Gasteiger partial charge in [0.1, 0.15) is 0 Å². The van der Waals surface area contributed by atoms with Crippen LogP contribution >= 0.6 is 0 Å². The summed E-state index contributed by atoms with van der Waals surface area (Å²) in [5, 5.41) is 0. The van der Waals surface area contributed by atoms with Crippen LogP contribution in [0.3, 0.4) is 0 Å². The summed E-state index contributed by atoms with van der Waals surface area (Å²) in [7, 11) is 0. The Kier molecular flexibility index (Phi) is 13.9. The zero-order chi connectivity index (χ0) is 5.54. The first-order valence-corrected chi connectivity index (χ1v) is 2.47. The largest absolute Gasteiger partial charge is 1.00 e. The quantitative estimate of drug-likeness (QED) is 0.239. The van der Waals surface area contributed by atoms with Crippen LogP contribution in [0.25, 0.3) is 0 Å². The molecule has 0 fully saturated rings. The van der Waals surface area contributed by atoms with E-state index in [1.807, 2.05) is 6.92 Å².